The maximum absolute atomic E-state index is 11.8. The van der Waals surface area contributed by atoms with Crippen molar-refractivity contribution in [1.29, 1.82) is 0 Å². The molecule has 1 rings (SSSR count). The standard InChI is InChI=1S/C5H4F3Ge.3CH4N.Zr/c6-9(7,8)5-3-1-2-4-5;3*1-2;/h1,3H,2H2;3*2H,1H3;/q4*-1;+4. The minimum Gasteiger partial charge on any atom is 4.00 e. The van der Waals surface area contributed by atoms with E-state index in [1.54, 1.807) is 0 Å². The maximum Gasteiger partial charge on any atom is 4.00 e. The molecule has 92 valence electrons. The van der Waals surface area contributed by atoms with Gasteiger partial charge in [0.05, 0.1) is 0 Å². The second-order valence-corrected chi connectivity index (χ2v) is 4.91. The fraction of sp³-hybridized carbons (Fsp3) is 0.500. The number of hydrogen-bond acceptors (Lipinski definition) is 0. The van der Waals surface area contributed by atoms with Crippen molar-refractivity contribution in [2.24, 2.45) is 0 Å². The zero-order valence-electron chi connectivity index (χ0n) is 9.50. The van der Waals surface area contributed by atoms with Gasteiger partial charge in [0.25, 0.3) is 0 Å². The van der Waals surface area contributed by atoms with Crippen LogP contribution in [0.4, 0.5) is 10.5 Å². The minimum atomic E-state index is -5.96. The molecular formula is C8H16F3GeN3Zr. The Balaban J connectivity index is -0.0000000900. The monoisotopic (exact) mass is 375 g/mol. The van der Waals surface area contributed by atoms with Gasteiger partial charge in [0.15, 0.2) is 0 Å². The summed E-state index contributed by atoms with van der Waals surface area (Å²) in [5.41, 5.74) is 17.2. The molecule has 0 aromatic carbocycles. The van der Waals surface area contributed by atoms with Crippen molar-refractivity contribution in [3.8, 4) is 0 Å². The van der Waals surface area contributed by atoms with Gasteiger partial charge in [0, 0.05) is 0 Å². The molecule has 8 heteroatoms. The van der Waals surface area contributed by atoms with E-state index in [1.807, 2.05) is 0 Å². The third-order valence-corrected chi connectivity index (χ3v) is 3.00. The molecule has 1 aliphatic rings. The van der Waals surface area contributed by atoms with Gasteiger partial charge < -0.3 is 17.2 Å². The normalized spacial score (nSPS) is 11.4. The van der Waals surface area contributed by atoms with Gasteiger partial charge in [-0.3, -0.25) is 0 Å². The Hall–Kier alpha value is 0.576. The molecule has 3 N–H and O–H groups in total. The number of hydrogen-bond donors (Lipinski definition) is 0. The van der Waals surface area contributed by atoms with Gasteiger partial charge in [-0.1, -0.05) is 0 Å². The molecule has 0 heterocycles. The van der Waals surface area contributed by atoms with Crippen molar-refractivity contribution in [2.45, 2.75) is 6.42 Å². The first kappa shape index (κ1) is 25.4. The maximum atomic E-state index is 11.8. The van der Waals surface area contributed by atoms with E-state index in [-0.39, 0.29) is 26.2 Å². The Morgan fingerprint density at radius 3 is 1.56 bits per heavy atom. The van der Waals surface area contributed by atoms with Crippen LogP contribution < -0.4 is 0 Å². The molecule has 0 aromatic heterocycles. The van der Waals surface area contributed by atoms with Gasteiger partial charge in [-0.25, -0.2) is 0 Å². The molecule has 0 saturated heterocycles. The molecule has 0 unspecified atom stereocenters. The first-order valence-corrected chi connectivity index (χ1v) is 7.38. The van der Waals surface area contributed by atoms with Crippen molar-refractivity contribution in [3.05, 3.63) is 39.8 Å². The van der Waals surface area contributed by atoms with Gasteiger partial charge in [0.2, 0.25) is 0 Å². The van der Waals surface area contributed by atoms with Crippen LogP contribution in [0.3, 0.4) is 0 Å². The number of allylic oxidation sites excluding steroid dienone is 4. The molecule has 3 nitrogen and oxygen atoms in total. The van der Waals surface area contributed by atoms with E-state index in [0.717, 1.165) is 6.08 Å². The van der Waals surface area contributed by atoms with Crippen LogP contribution in [0.5, 0.6) is 0 Å². The summed E-state index contributed by atoms with van der Waals surface area (Å²) in [4.78, 5) is 0. The van der Waals surface area contributed by atoms with Crippen LogP contribution in [0, 0.1) is 6.08 Å². The van der Waals surface area contributed by atoms with E-state index in [1.165, 1.54) is 27.2 Å². The zero-order valence-corrected chi connectivity index (χ0v) is 14.1. The summed E-state index contributed by atoms with van der Waals surface area (Å²) < 4.78 is 34.9. The van der Waals surface area contributed by atoms with Gasteiger partial charge in [-0.05, 0) is 0 Å². The topological polar surface area (TPSA) is 71.4 Å². The van der Waals surface area contributed by atoms with E-state index in [0.29, 0.717) is 6.42 Å². The molecule has 0 aromatic rings. The van der Waals surface area contributed by atoms with E-state index in [9.17, 15) is 10.5 Å². The molecular weight excluding hydrogens is 359 g/mol. The van der Waals surface area contributed by atoms with Crippen molar-refractivity contribution in [3.63, 3.8) is 0 Å². The van der Waals surface area contributed by atoms with Crippen molar-refractivity contribution < 1.29 is 36.7 Å². The number of halogens is 3. The number of nitrogens with one attached hydrogen (secondary N) is 3. The molecule has 0 atom stereocenters. The molecule has 0 fully saturated rings. The van der Waals surface area contributed by atoms with E-state index < -0.39 is 19.1 Å². The summed E-state index contributed by atoms with van der Waals surface area (Å²) in [7, 11) is 3.75. The van der Waals surface area contributed by atoms with Gasteiger partial charge in [-0.2, -0.15) is 21.1 Å². The van der Waals surface area contributed by atoms with E-state index in [2.05, 4.69) is 6.08 Å². The second kappa shape index (κ2) is 18.0. The Morgan fingerprint density at radius 1 is 1.06 bits per heavy atom. The first-order valence-electron chi connectivity index (χ1n) is 3.95. The molecule has 0 saturated carbocycles. The SMILES string of the molecule is C[NH-].C[NH-].C[NH-].[F][Ge]([F])([F])[C]1=[C-]CC=C1.[Zr+4]. The average molecular weight is 375 g/mol. The Kier molecular flexibility index (Phi) is 28.5. The molecule has 0 spiro atoms. The fourth-order valence-electron chi connectivity index (χ4n) is 0.599. The van der Waals surface area contributed by atoms with Crippen molar-refractivity contribution in [2.75, 3.05) is 21.1 Å². The summed E-state index contributed by atoms with van der Waals surface area (Å²) in [6, 6.07) is 0. The van der Waals surface area contributed by atoms with Crippen LogP contribution in [0.1, 0.15) is 6.42 Å². The van der Waals surface area contributed by atoms with E-state index in [4.69, 9.17) is 17.2 Å². The van der Waals surface area contributed by atoms with Crippen LogP contribution in [0.15, 0.2) is 16.6 Å². The first-order chi connectivity index (χ1) is 7.11. The summed E-state index contributed by atoms with van der Waals surface area (Å²) >= 11 is -5.96. The molecule has 0 aliphatic heterocycles. The van der Waals surface area contributed by atoms with Gasteiger partial charge in [-0.15, -0.1) is 0 Å². The quantitative estimate of drug-likeness (QED) is 0.490. The predicted octanol–water partition coefficient (Wildman–Crippen LogP) is 4.07. The third-order valence-electron chi connectivity index (χ3n) is 1.00. The molecule has 1 aliphatic carbocycles. The van der Waals surface area contributed by atoms with Crippen LogP contribution in [-0.4, -0.2) is 35.8 Å². The smallest absolute Gasteiger partial charge is 4.00 e. The predicted molar refractivity (Wildman–Crippen MR) is 60.3 cm³/mol. The summed E-state index contributed by atoms with van der Waals surface area (Å²) in [6.07, 6.45) is 5.20. The fourth-order valence-corrected chi connectivity index (χ4v) is 1.88. The van der Waals surface area contributed by atoms with Crippen LogP contribution >= 0.6 is 0 Å². The number of rotatable bonds is 1. The molecule has 0 radical (unpaired) electrons. The second-order valence-electron chi connectivity index (χ2n) is 1.69. The van der Waals surface area contributed by atoms with Gasteiger partial charge in [0.1, 0.15) is 0 Å². The zero-order chi connectivity index (χ0) is 12.9. The summed E-state index contributed by atoms with van der Waals surface area (Å²) in [5.74, 6) is 0. The Bertz CT molecular complexity index is 184. The molecule has 0 amide bonds. The van der Waals surface area contributed by atoms with Crippen LogP contribution in [0.25, 0.3) is 17.2 Å². The van der Waals surface area contributed by atoms with Gasteiger partial charge >= 0.3 is 80.4 Å². The average Bonchev–Trinajstić information content (AvgIpc) is 2.79. The molecule has 16 heavy (non-hydrogen) atoms. The van der Waals surface area contributed by atoms with E-state index >= 15 is 0 Å². The molecule has 0 bridgehead atoms. The van der Waals surface area contributed by atoms with Crippen molar-refractivity contribution >= 4 is 14.7 Å². The summed E-state index contributed by atoms with van der Waals surface area (Å²) in [5, 5.41) is 0. The minimum absolute atomic E-state index is 0. The Labute approximate surface area is 118 Å². The summed E-state index contributed by atoms with van der Waals surface area (Å²) in [6.45, 7) is 0. The third kappa shape index (κ3) is 14.6. The van der Waals surface area contributed by atoms with Crippen LogP contribution in [0.2, 0.25) is 0 Å². The Morgan fingerprint density at radius 2 is 1.44 bits per heavy atom. The van der Waals surface area contributed by atoms with Crippen molar-refractivity contribution in [1.82, 2.24) is 0 Å². The van der Waals surface area contributed by atoms with Crippen LogP contribution in [-0.2, 0) is 26.2 Å². The largest absolute Gasteiger partial charge is 4.00 e.